The first kappa shape index (κ1) is 18.8. The van der Waals surface area contributed by atoms with E-state index in [9.17, 15) is 9.59 Å². The molecule has 1 fully saturated rings. The van der Waals surface area contributed by atoms with Crippen molar-refractivity contribution in [3.05, 3.63) is 34.9 Å². The van der Waals surface area contributed by atoms with E-state index in [1.165, 1.54) is 5.56 Å². The van der Waals surface area contributed by atoms with Crippen LogP contribution in [-0.4, -0.2) is 36.0 Å². The molecule has 1 atom stereocenters. The Hall–Kier alpha value is -1.55. The van der Waals surface area contributed by atoms with Crippen LogP contribution >= 0.6 is 11.6 Å². The third kappa shape index (κ3) is 5.82. The summed E-state index contributed by atoms with van der Waals surface area (Å²) in [4.78, 5) is 26.2. The summed E-state index contributed by atoms with van der Waals surface area (Å²) in [6.07, 6.45) is 4.25. The highest BCUT2D eigenvalue weighted by Crippen LogP contribution is 2.28. The number of esters is 1. The number of hydrogen-bond acceptors (Lipinski definition) is 3. The van der Waals surface area contributed by atoms with Crippen molar-refractivity contribution in [1.29, 1.82) is 0 Å². The molecule has 1 aromatic carbocycles. The highest BCUT2D eigenvalue weighted by Gasteiger charge is 2.34. The zero-order valence-electron chi connectivity index (χ0n) is 14.5. The molecule has 0 heterocycles. The number of hydrogen-bond donors (Lipinski definition) is 0. The largest absolute Gasteiger partial charge is 0.466 e. The fourth-order valence-electron chi connectivity index (χ4n) is 2.73. The van der Waals surface area contributed by atoms with Gasteiger partial charge in [0.25, 0.3) is 0 Å². The second-order valence-electron chi connectivity index (χ2n) is 6.41. The molecule has 1 saturated carbocycles. The molecule has 1 aromatic rings. The normalized spacial score (nSPS) is 15.0. The molecule has 0 saturated heterocycles. The first-order valence-electron chi connectivity index (χ1n) is 8.71. The van der Waals surface area contributed by atoms with Gasteiger partial charge in [-0.05, 0) is 50.3 Å². The van der Waals surface area contributed by atoms with Crippen LogP contribution in [0, 0.1) is 5.92 Å². The summed E-state index contributed by atoms with van der Waals surface area (Å²) < 4.78 is 5.05. The van der Waals surface area contributed by atoms with Crippen LogP contribution in [0.1, 0.15) is 45.1 Å². The number of rotatable bonds is 9. The van der Waals surface area contributed by atoms with Crippen molar-refractivity contribution < 1.29 is 14.3 Å². The number of amides is 1. The number of halogens is 1. The van der Waals surface area contributed by atoms with Crippen LogP contribution in [0.5, 0.6) is 0 Å². The van der Waals surface area contributed by atoms with Gasteiger partial charge in [-0.3, -0.25) is 9.59 Å². The van der Waals surface area contributed by atoms with E-state index in [0.717, 1.165) is 30.7 Å². The average molecular weight is 352 g/mol. The molecular formula is C19H26ClNO3. The highest BCUT2D eigenvalue weighted by atomic mass is 35.5. The molecule has 0 bridgehead atoms. The Morgan fingerprint density at radius 3 is 2.54 bits per heavy atom. The first-order chi connectivity index (χ1) is 11.5. The zero-order valence-corrected chi connectivity index (χ0v) is 15.2. The molecule has 1 aliphatic rings. The van der Waals surface area contributed by atoms with Gasteiger partial charge in [-0.1, -0.05) is 30.7 Å². The van der Waals surface area contributed by atoms with E-state index in [1.807, 2.05) is 36.1 Å². The van der Waals surface area contributed by atoms with Gasteiger partial charge in [0, 0.05) is 24.0 Å². The van der Waals surface area contributed by atoms with Gasteiger partial charge in [0.1, 0.15) is 0 Å². The maximum absolute atomic E-state index is 12.5. The molecule has 5 heteroatoms. The molecule has 0 radical (unpaired) electrons. The van der Waals surface area contributed by atoms with E-state index in [0.29, 0.717) is 25.6 Å². The molecule has 2 rings (SSSR count). The van der Waals surface area contributed by atoms with Crippen molar-refractivity contribution >= 4 is 23.5 Å². The topological polar surface area (TPSA) is 46.6 Å². The Kier molecular flexibility index (Phi) is 7.10. The molecular weight excluding hydrogens is 326 g/mol. The predicted molar refractivity (Wildman–Crippen MR) is 94.9 cm³/mol. The number of ether oxygens (including phenoxy) is 1. The smallest absolute Gasteiger partial charge is 0.310 e. The summed E-state index contributed by atoms with van der Waals surface area (Å²) >= 11 is 5.88. The summed E-state index contributed by atoms with van der Waals surface area (Å²) in [5.74, 6) is -0.356. The number of carbonyl (C=O) groups is 2. The summed E-state index contributed by atoms with van der Waals surface area (Å²) in [6, 6.07) is 8.04. The van der Waals surface area contributed by atoms with Crippen molar-refractivity contribution in [2.75, 3.05) is 13.2 Å². The fourth-order valence-corrected chi connectivity index (χ4v) is 2.86. The van der Waals surface area contributed by atoms with Gasteiger partial charge < -0.3 is 9.64 Å². The third-order valence-electron chi connectivity index (χ3n) is 4.24. The maximum Gasteiger partial charge on any atom is 0.310 e. The average Bonchev–Trinajstić information content (AvgIpc) is 3.39. The van der Waals surface area contributed by atoms with Gasteiger partial charge in [0.15, 0.2) is 0 Å². The van der Waals surface area contributed by atoms with E-state index in [4.69, 9.17) is 16.3 Å². The molecule has 1 amide bonds. The minimum atomic E-state index is -0.272. The van der Waals surface area contributed by atoms with Crippen molar-refractivity contribution in [2.24, 2.45) is 5.92 Å². The Morgan fingerprint density at radius 2 is 1.96 bits per heavy atom. The molecule has 0 aromatic heterocycles. The maximum atomic E-state index is 12.5. The van der Waals surface area contributed by atoms with Crippen molar-refractivity contribution in [2.45, 2.75) is 52.0 Å². The summed E-state index contributed by atoms with van der Waals surface area (Å²) in [7, 11) is 0. The minimum Gasteiger partial charge on any atom is -0.466 e. The minimum absolute atomic E-state index is 0.141. The lowest BCUT2D eigenvalue weighted by Crippen LogP contribution is -2.39. The van der Waals surface area contributed by atoms with Gasteiger partial charge in [-0.15, -0.1) is 0 Å². The Bertz CT molecular complexity index is 554. The van der Waals surface area contributed by atoms with Gasteiger partial charge in [0.2, 0.25) is 5.91 Å². The second kappa shape index (κ2) is 9.07. The summed E-state index contributed by atoms with van der Waals surface area (Å²) in [5, 5.41) is 0.725. The van der Waals surface area contributed by atoms with Crippen molar-refractivity contribution in [1.82, 2.24) is 4.90 Å². The Balaban J connectivity index is 1.81. The first-order valence-corrected chi connectivity index (χ1v) is 9.09. The van der Waals surface area contributed by atoms with Crippen LogP contribution in [0.2, 0.25) is 5.02 Å². The number of aryl methyl sites for hydroxylation is 1. The molecule has 0 N–H and O–H groups in total. The van der Waals surface area contributed by atoms with Crippen LogP contribution in [-0.2, 0) is 20.7 Å². The molecule has 0 aliphatic heterocycles. The lowest BCUT2D eigenvalue weighted by atomic mass is 10.1. The van der Waals surface area contributed by atoms with Crippen molar-refractivity contribution in [3.63, 3.8) is 0 Å². The molecule has 132 valence electrons. The standard InChI is InChI=1S/C19H26ClNO3/c1-3-24-19(23)14(2)13-21(17-11-12-17)18(22)6-4-5-15-7-9-16(20)10-8-15/h7-10,14,17H,3-6,11-13H2,1-2H3. The van der Waals surface area contributed by atoms with Crippen LogP contribution < -0.4 is 0 Å². The van der Waals surface area contributed by atoms with Crippen LogP contribution in [0.4, 0.5) is 0 Å². The van der Waals surface area contributed by atoms with E-state index in [1.54, 1.807) is 6.92 Å². The van der Waals surface area contributed by atoms with Crippen LogP contribution in [0.25, 0.3) is 0 Å². The molecule has 24 heavy (non-hydrogen) atoms. The quantitative estimate of drug-likeness (QED) is 0.635. The SMILES string of the molecule is CCOC(=O)C(C)CN(C(=O)CCCc1ccc(Cl)cc1)C1CC1. The van der Waals surface area contributed by atoms with Gasteiger partial charge in [-0.25, -0.2) is 0 Å². The number of benzene rings is 1. The molecule has 0 spiro atoms. The lowest BCUT2D eigenvalue weighted by molar-refractivity contribution is -0.149. The van der Waals surface area contributed by atoms with E-state index < -0.39 is 0 Å². The second-order valence-corrected chi connectivity index (χ2v) is 6.85. The summed E-state index contributed by atoms with van der Waals surface area (Å²) in [6.45, 7) is 4.46. The molecule has 1 aliphatic carbocycles. The summed E-state index contributed by atoms with van der Waals surface area (Å²) in [5.41, 5.74) is 1.19. The highest BCUT2D eigenvalue weighted by molar-refractivity contribution is 6.30. The van der Waals surface area contributed by atoms with Crippen LogP contribution in [0.15, 0.2) is 24.3 Å². The van der Waals surface area contributed by atoms with Crippen molar-refractivity contribution in [3.8, 4) is 0 Å². The third-order valence-corrected chi connectivity index (χ3v) is 4.49. The zero-order chi connectivity index (χ0) is 17.5. The van der Waals surface area contributed by atoms with E-state index in [-0.39, 0.29) is 17.8 Å². The monoisotopic (exact) mass is 351 g/mol. The lowest BCUT2D eigenvalue weighted by Gasteiger charge is -2.25. The van der Waals surface area contributed by atoms with Gasteiger partial charge in [-0.2, -0.15) is 0 Å². The van der Waals surface area contributed by atoms with Gasteiger partial charge >= 0.3 is 5.97 Å². The van der Waals surface area contributed by atoms with Gasteiger partial charge in [0.05, 0.1) is 12.5 Å². The number of carbonyl (C=O) groups excluding carboxylic acids is 2. The molecule has 1 unspecified atom stereocenters. The number of nitrogens with zero attached hydrogens (tertiary/aromatic N) is 1. The van der Waals surface area contributed by atoms with Crippen LogP contribution in [0.3, 0.4) is 0 Å². The Labute approximate surface area is 149 Å². The van der Waals surface area contributed by atoms with E-state index >= 15 is 0 Å². The van der Waals surface area contributed by atoms with E-state index in [2.05, 4.69) is 0 Å². The molecule has 4 nitrogen and oxygen atoms in total. The Morgan fingerprint density at radius 1 is 1.29 bits per heavy atom. The predicted octanol–water partition coefficient (Wildman–Crippen LogP) is 3.85. The fraction of sp³-hybridized carbons (Fsp3) is 0.579.